The van der Waals surface area contributed by atoms with Crippen LogP contribution in [0.5, 0.6) is 0 Å². The first-order valence-corrected chi connectivity index (χ1v) is 6.70. The Kier molecular flexibility index (Phi) is 4.24. The van der Waals surface area contributed by atoms with E-state index in [1.807, 2.05) is 4.90 Å². The number of nitrogens with two attached hydrogens (primary N) is 1. The molecule has 1 fully saturated rings. The Morgan fingerprint density at radius 1 is 1.16 bits per heavy atom. The van der Waals surface area contributed by atoms with E-state index in [0.29, 0.717) is 24.7 Å². The van der Waals surface area contributed by atoms with E-state index < -0.39 is 11.6 Å². The summed E-state index contributed by atoms with van der Waals surface area (Å²) < 4.78 is 27.1. The van der Waals surface area contributed by atoms with Gasteiger partial charge in [0.1, 0.15) is 0 Å². The van der Waals surface area contributed by atoms with Gasteiger partial charge in [-0.3, -0.25) is 4.90 Å². The van der Waals surface area contributed by atoms with Gasteiger partial charge in [-0.2, -0.15) is 0 Å². The minimum absolute atomic E-state index is 0.212. The molecule has 1 saturated heterocycles. The molecule has 3 nitrogen and oxygen atoms in total. The Balaban J connectivity index is 2.08. The predicted octanol–water partition coefficient (Wildman–Crippen LogP) is 2.33. The third kappa shape index (κ3) is 3.15. The Morgan fingerprint density at radius 2 is 1.79 bits per heavy atom. The maximum atomic E-state index is 13.8. The van der Waals surface area contributed by atoms with E-state index in [1.165, 1.54) is 6.07 Å². The van der Waals surface area contributed by atoms with Crippen LogP contribution in [0.1, 0.15) is 13.8 Å². The van der Waals surface area contributed by atoms with Crippen molar-refractivity contribution in [3.05, 3.63) is 23.8 Å². The van der Waals surface area contributed by atoms with Crippen LogP contribution in [0.2, 0.25) is 0 Å². The van der Waals surface area contributed by atoms with Gasteiger partial charge in [0.2, 0.25) is 0 Å². The molecule has 1 aromatic carbocycles. The summed E-state index contributed by atoms with van der Waals surface area (Å²) in [5.74, 6) is -1.06. The lowest BCUT2D eigenvalue weighted by molar-refractivity contribution is 0.230. The largest absolute Gasteiger partial charge is 0.397 e. The van der Waals surface area contributed by atoms with Gasteiger partial charge in [0.05, 0.1) is 11.4 Å². The molecule has 0 unspecified atom stereocenters. The van der Waals surface area contributed by atoms with Crippen molar-refractivity contribution in [2.45, 2.75) is 13.8 Å². The molecule has 2 rings (SSSR count). The third-order valence-corrected chi connectivity index (χ3v) is 3.41. The fourth-order valence-electron chi connectivity index (χ4n) is 2.55. The second-order valence-electron chi connectivity index (χ2n) is 5.48. The fraction of sp³-hybridized carbons (Fsp3) is 0.571. The van der Waals surface area contributed by atoms with Crippen LogP contribution >= 0.6 is 0 Å². The molecule has 106 valence electrons. The van der Waals surface area contributed by atoms with Gasteiger partial charge in [0, 0.05) is 32.7 Å². The maximum Gasteiger partial charge on any atom is 0.184 e. The van der Waals surface area contributed by atoms with E-state index in [-0.39, 0.29) is 5.69 Å². The molecule has 1 aliphatic heterocycles. The molecule has 1 aromatic rings. The summed E-state index contributed by atoms with van der Waals surface area (Å²) in [6.07, 6.45) is 0. The second kappa shape index (κ2) is 5.74. The van der Waals surface area contributed by atoms with E-state index >= 15 is 0 Å². The standard InChI is InChI=1S/C14H21F2N3/c1-10(2)9-18-5-7-19(8-6-18)14-12(17)4-3-11(15)13(14)16/h3-4,10H,5-9,17H2,1-2H3. The van der Waals surface area contributed by atoms with Crippen molar-refractivity contribution < 1.29 is 8.78 Å². The molecule has 5 heteroatoms. The number of hydrogen-bond acceptors (Lipinski definition) is 3. The second-order valence-corrected chi connectivity index (χ2v) is 5.48. The Hall–Kier alpha value is -1.36. The molecule has 0 saturated carbocycles. The number of benzene rings is 1. The molecular weight excluding hydrogens is 248 g/mol. The van der Waals surface area contributed by atoms with E-state index in [2.05, 4.69) is 18.7 Å². The van der Waals surface area contributed by atoms with Crippen LogP contribution in [0.3, 0.4) is 0 Å². The van der Waals surface area contributed by atoms with Crippen molar-refractivity contribution in [1.29, 1.82) is 0 Å². The smallest absolute Gasteiger partial charge is 0.184 e. The summed E-state index contributed by atoms with van der Waals surface area (Å²) in [5.41, 5.74) is 6.29. The van der Waals surface area contributed by atoms with E-state index in [0.717, 1.165) is 25.7 Å². The number of nitrogens with zero attached hydrogens (tertiary/aromatic N) is 2. The van der Waals surface area contributed by atoms with Crippen LogP contribution in [0, 0.1) is 17.6 Å². The molecule has 0 spiro atoms. The highest BCUT2D eigenvalue weighted by Crippen LogP contribution is 2.29. The summed E-state index contributed by atoms with van der Waals surface area (Å²) in [6.45, 7) is 8.46. The van der Waals surface area contributed by atoms with Crippen LogP contribution in [0.4, 0.5) is 20.2 Å². The van der Waals surface area contributed by atoms with Crippen molar-refractivity contribution in [3.8, 4) is 0 Å². The number of nitrogen functional groups attached to an aromatic ring is 1. The van der Waals surface area contributed by atoms with E-state index in [4.69, 9.17) is 5.73 Å². The molecule has 0 bridgehead atoms. The molecule has 0 aliphatic carbocycles. The molecule has 1 aliphatic rings. The average Bonchev–Trinajstić information content (AvgIpc) is 2.36. The van der Waals surface area contributed by atoms with Gasteiger partial charge in [-0.15, -0.1) is 0 Å². The highest BCUT2D eigenvalue weighted by atomic mass is 19.2. The summed E-state index contributed by atoms with van der Waals surface area (Å²) >= 11 is 0. The average molecular weight is 269 g/mol. The Labute approximate surface area is 113 Å². The number of piperazine rings is 1. The highest BCUT2D eigenvalue weighted by Gasteiger charge is 2.23. The number of hydrogen-bond donors (Lipinski definition) is 1. The van der Waals surface area contributed by atoms with Crippen LogP contribution in [-0.2, 0) is 0 Å². The number of rotatable bonds is 3. The van der Waals surface area contributed by atoms with Crippen molar-refractivity contribution in [3.63, 3.8) is 0 Å². The molecule has 19 heavy (non-hydrogen) atoms. The highest BCUT2D eigenvalue weighted by molar-refractivity contribution is 5.68. The third-order valence-electron chi connectivity index (χ3n) is 3.41. The Bertz CT molecular complexity index is 441. The van der Waals surface area contributed by atoms with Gasteiger partial charge in [0.25, 0.3) is 0 Å². The topological polar surface area (TPSA) is 32.5 Å². The predicted molar refractivity (Wildman–Crippen MR) is 74.3 cm³/mol. The van der Waals surface area contributed by atoms with Gasteiger partial charge < -0.3 is 10.6 Å². The van der Waals surface area contributed by atoms with Gasteiger partial charge in [-0.05, 0) is 18.1 Å². The fourth-order valence-corrected chi connectivity index (χ4v) is 2.55. The van der Waals surface area contributed by atoms with Crippen molar-refractivity contribution in [2.75, 3.05) is 43.4 Å². The number of halogens is 2. The minimum Gasteiger partial charge on any atom is -0.397 e. The summed E-state index contributed by atoms with van der Waals surface area (Å²) in [5, 5.41) is 0. The monoisotopic (exact) mass is 269 g/mol. The lowest BCUT2D eigenvalue weighted by Gasteiger charge is -2.37. The SMILES string of the molecule is CC(C)CN1CCN(c2c(N)ccc(F)c2F)CC1. The zero-order valence-corrected chi connectivity index (χ0v) is 11.5. The zero-order valence-electron chi connectivity index (χ0n) is 11.5. The number of anilines is 2. The maximum absolute atomic E-state index is 13.8. The first-order valence-electron chi connectivity index (χ1n) is 6.70. The summed E-state index contributed by atoms with van der Waals surface area (Å²) in [7, 11) is 0. The molecule has 0 radical (unpaired) electrons. The van der Waals surface area contributed by atoms with Crippen molar-refractivity contribution >= 4 is 11.4 Å². The van der Waals surface area contributed by atoms with Gasteiger partial charge in [-0.25, -0.2) is 8.78 Å². The lowest BCUT2D eigenvalue weighted by atomic mass is 10.1. The molecule has 1 heterocycles. The first kappa shape index (κ1) is 14.1. The van der Waals surface area contributed by atoms with Crippen LogP contribution < -0.4 is 10.6 Å². The van der Waals surface area contributed by atoms with Gasteiger partial charge in [-0.1, -0.05) is 13.8 Å². The Morgan fingerprint density at radius 3 is 2.37 bits per heavy atom. The molecule has 0 amide bonds. The lowest BCUT2D eigenvalue weighted by Crippen LogP contribution is -2.47. The molecule has 2 N–H and O–H groups in total. The molecule has 0 aromatic heterocycles. The van der Waals surface area contributed by atoms with E-state index in [9.17, 15) is 8.78 Å². The quantitative estimate of drug-likeness (QED) is 0.855. The van der Waals surface area contributed by atoms with Crippen LogP contribution in [-0.4, -0.2) is 37.6 Å². The van der Waals surface area contributed by atoms with Gasteiger partial charge >= 0.3 is 0 Å². The van der Waals surface area contributed by atoms with Crippen molar-refractivity contribution in [2.24, 2.45) is 5.92 Å². The molecular formula is C14H21F2N3. The summed E-state index contributed by atoms with van der Waals surface area (Å²) in [6, 6.07) is 2.50. The summed E-state index contributed by atoms with van der Waals surface area (Å²) in [4.78, 5) is 4.18. The van der Waals surface area contributed by atoms with Gasteiger partial charge in [0.15, 0.2) is 11.6 Å². The normalized spacial score (nSPS) is 17.2. The minimum atomic E-state index is -0.839. The van der Waals surface area contributed by atoms with Crippen LogP contribution in [0.15, 0.2) is 12.1 Å². The zero-order chi connectivity index (χ0) is 14.0. The first-order chi connectivity index (χ1) is 8.99. The molecule has 0 atom stereocenters. The van der Waals surface area contributed by atoms with Crippen LogP contribution in [0.25, 0.3) is 0 Å². The van der Waals surface area contributed by atoms with E-state index in [1.54, 1.807) is 0 Å². The van der Waals surface area contributed by atoms with Crippen molar-refractivity contribution in [1.82, 2.24) is 4.90 Å².